The molecule has 1 heterocycles. The van der Waals surface area contributed by atoms with Crippen molar-refractivity contribution in [1.29, 1.82) is 0 Å². The monoisotopic (exact) mass is 239 g/mol. The summed E-state index contributed by atoms with van der Waals surface area (Å²) >= 11 is 0. The van der Waals surface area contributed by atoms with Crippen molar-refractivity contribution in [3.05, 3.63) is 47.7 Å². The second kappa shape index (κ2) is 3.96. The molecule has 0 aliphatic rings. The highest BCUT2D eigenvalue weighted by atomic mass is 16.3. The molecule has 0 atom stereocenters. The van der Waals surface area contributed by atoms with Gasteiger partial charge < -0.3 is 10.2 Å². The Morgan fingerprint density at radius 3 is 2.50 bits per heavy atom. The minimum atomic E-state index is -0.0158. The van der Waals surface area contributed by atoms with Gasteiger partial charge in [0.2, 0.25) is 0 Å². The zero-order valence-corrected chi connectivity index (χ0v) is 10.0. The van der Waals surface area contributed by atoms with Gasteiger partial charge in [0.15, 0.2) is 0 Å². The molecule has 3 nitrogen and oxygen atoms in total. The van der Waals surface area contributed by atoms with Gasteiger partial charge in [0.25, 0.3) is 0 Å². The third-order valence-electron chi connectivity index (χ3n) is 3.26. The molecule has 2 aromatic carbocycles. The second-order valence-electron chi connectivity index (χ2n) is 4.40. The number of pyridine rings is 1. The van der Waals surface area contributed by atoms with Gasteiger partial charge in [-0.3, -0.25) is 0 Å². The molecule has 18 heavy (non-hydrogen) atoms. The lowest BCUT2D eigenvalue weighted by Crippen LogP contribution is -1.91. The van der Waals surface area contributed by atoms with Gasteiger partial charge in [-0.2, -0.15) is 0 Å². The molecule has 0 saturated heterocycles. The van der Waals surface area contributed by atoms with Crippen molar-refractivity contribution in [1.82, 2.24) is 4.98 Å². The first-order valence-electron chi connectivity index (χ1n) is 5.82. The number of aromatic hydroxyl groups is 1. The summed E-state index contributed by atoms with van der Waals surface area (Å²) in [6, 6.07) is 11.4. The number of aromatic nitrogens is 1. The Bertz CT molecular complexity index is 750. The Labute approximate surface area is 104 Å². The van der Waals surface area contributed by atoms with Crippen molar-refractivity contribution < 1.29 is 10.2 Å². The van der Waals surface area contributed by atoms with E-state index in [2.05, 4.69) is 4.98 Å². The predicted molar refractivity (Wildman–Crippen MR) is 71.6 cm³/mol. The molecule has 0 fully saturated rings. The topological polar surface area (TPSA) is 53.4 Å². The van der Waals surface area contributed by atoms with E-state index in [4.69, 9.17) is 0 Å². The number of hydrogen-bond donors (Lipinski definition) is 2. The first kappa shape index (κ1) is 11.0. The first-order valence-corrected chi connectivity index (χ1v) is 5.82. The number of aliphatic hydroxyl groups is 1. The van der Waals surface area contributed by atoms with E-state index in [-0.39, 0.29) is 12.4 Å². The number of hydrogen-bond acceptors (Lipinski definition) is 3. The zero-order valence-electron chi connectivity index (χ0n) is 10.0. The predicted octanol–water partition coefficient (Wildman–Crippen LogP) is 2.89. The van der Waals surface area contributed by atoms with Crippen LogP contribution in [0.15, 0.2) is 36.4 Å². The van der Waals surface area contributed by atoms with Crippen molar-refractivity contribution in [3.63, 3.8) is 0 Å². The molecule has 1 aromatic heterocycles. The standard InChI is InChI=1S/C15H13NO2/c1-9-15(18)7-13-12-5-3-2-4-11(12)10(8-17)6-14(13)16-9/h2-7,17-18H,8H2,1H3. The molecule has 90 valence electrons. The van der Waals surface area contributed by atoms with Gasteiger partial charge in [-0.25, -0.2) is 4.98 Å². The Balaban J connectivity index is 2.55. The van der Waals surface area contributed by atoms with Crippen molar-refractivity contribution in [2.45, 2.75) is 13.5 Å². The molecule has 0 radical (unpaired) electrons. The van der Waals surface area contributed by atoms with Crippen LogP contribution in [0, 0.1) is 6.92 Å². The van der Waals surface area contributed by atoms with E-state index in [1.165, 1.54) is 0 Å². The summed E-state index contributed by atoms with van der Waals surface area (Å²) < 4.78 is 0. The number of aliphatic hydroxyl groups excluding tert-OH is 1. The van der Waals surface area contributed by atoms with Crippen LogP contribution in [0.5, 0.6) is 5.75 Å². The molecule has 3 heteroatoms. The highest BCUT2D eigenvalue weighted by Gasteiger charge is 2.09. The van der Waals surface area contributed by atoms with Crippen molar-refractivity contribution in [2.75, 3.05) is 0 Å². The van der Waals surface area contributed by atoms with Gasteiger partial charge in [0.05, 0.1) is 17.8 Å². The third kappa shape index (κ3) is 1.52. The molecule has 0 aliphatic carbocycles. The van der Waals surface area contributed by atoms with Crippen LogP contribution in [-0.4, -0.2) is 15.2 Å². The molecule has 3 rings (SSSR count). The van der Waals surface area contributed by atoms with Crippen LogP contribution in [-0.2, 0) is 6.61 Å². The van der Waals surface area contributed by atoms with Gasteiger partial charge in [0, 0.05) is 5.39 Å². The molecular formula is C15H13NO2. The quantitative estimate of drug-likeness (QED) is 0.642. The van der Waals surface area contributed by atoms with E-state index < -0.39 is 0 Å². The maximum Gasteiger partial charge on any atom is 0.137 e. The molecule has 0 spiro atoms. The molecule has 2 N–H and O–H groups in total. The SMILES string of the molecule is Cc1nc2cc(CO)c3ccccc3c2cc1O. The average molecular weight is 239 g/mol. The Kier molecular flexibility index (Phi) is 2.42. The molecule has 0 saturated carbocycles. The molecule has 0 unspecified atom stereocenters. The van der Waals surface area contributed by atoms with E-state index >= 15 is 0 Å². The summed E-state index contributed by atoms with van der Waals surface area (Å²) in [6.45, 7) is 1.75. The molecule has 0 bridgehead atoms. The lowest BCUT2D eigenvalue weighted by Gasteiger charge is -2.09. The summed E-state index contributed by atoms with van der Waals surface area (Å²) in [5.74, 6) is 0.199. The highest BCUT2D eigenvalue weighted by molar-refractivity contribution is 6.08. The average Bonchev–Trinajstić information content (AvgIpc) is 2.40. The molecule has 0 amide bonds. The number of benzene rings is 2. The number of rotatable bonds is 1. The van der Waals surface area contributed by atoms with Crippen molar-refractivity contribution >= 4 is 21.7 Å². The van der Waals surface area contributed by atoms with Gasteiger partial charge >= 0.3 is 0 Å². The fraction of sp³-hybridized carbons (Fsp3) is 0.133. The fourth-order valence-electron chi connectivity index (χ4n) is 2.31. The van der Waals surface area contributed by atoms with Crippen LogP contribution in [0.2, 0.25) is 0 Å². The summed E-state index contributed by atoms with van der Waals surface area (Å²) in [7, 11) is 0. The Hall–Kier alpha value is -2.13. The van der Waals surface area contributed by atoms with Crippen molar-refractivity contribution in [3.8, 4) is 5.75 Å². The summed E-state index contributed by atoms with van der Waals surface area (Å²) in [6.07, 6.45) is 0. The van der Waals surface area contributed by atoms with Gasteiger partial charge in [-0.1, -0.05) is 24.3 Å². The molecular weight excluding hydrogens is 226 g/mol. The van der Waals surface area contributed by atoms with E-state index in [9.17, 15) is 10.2 Å². The van der Waals surface area contributed by atoms with Crippen molar-refractivity contribution in [2.24, 2.45) is 0 Å². The second-order valence-corrected chi connectivity index (χ2v) is 4.40. The van der Waals surface area contributed by atoms with E-state index in [0.717, 1.165) is 27.2 Å². The lowest BCUT2D eigenvalue weighted by molar-refractivity contribution is 0.283. The number of aryl methyl sites for hydroxylation is 1. The zero-order chi connectivity index (χ0) is 12.7. The maximum absolute atomic E-state index is 9.79. The number of nitrogens with zero attached hydrogens (tertiary/aromatic N) is 1. The minimum absolute atomic E-state index is 0.0158. The van der Waals surface area contributed by atoms with Crippen LogP contribution in [0.3, 0.4) is 0 Å². The maximum atomic E-state index is 9.79. The Morgan fingerprint density at radius 2 is 1.78 bits per heavy atom. The summed E-state index contributed by atoms with van der Waals surface area (Å²) in [5.41, 5.74) is 2.26. The van der Waals surface area contributed by atoms with Gasteiger partial charge in [-0.15, -0.1) is 0 Å². The molecule has 0 aliphatic heterocycles. The largest absolute Gasteiger partial charge is 0.506 e. The third-order valence-corrected chi connectivity index (χ3v) is 3.26. The van der Waals surface area contributed by atoms with Crippen LogP contribution in [0.4, 0.5) is 0 Å². The van der Waals surface area contributed by atoms with E-state index in [0.29, 0.717) is 5.69 Å². The van der Waals surface area contributed by atoms with Crippen LogP contribution in [0.25, 0.3) is 21.7 Å². The summed E-state index contributed by atoms with van der Waals surface area (Å²) in [5, 5.41) is 22.1. The smallest absolute Gasteiger partial charge is 0.137 e. The van der Waals surface area contributed by atoms with E-state index in [1.54, 1.807) is 13.0 Å². The van der Waals surface area contributed by atoms with Gasteiger partial charge in [-0.05, 0) is 35.4 Å². The van der Waals surface area contributed by atoms with Gasteiger partial charge in [0.1, 0.15) is 5.75 Å². The molecule has 3 aromatic rings. The van der Waals surface area contributed by atoms with Crippen LogP contribution in [0.1, 0.15) is 11.3 Å². The normalized spacial score (nSPS) is 11.2. The van der Waals surface area contributed by atoms with E-state index in [1.807, 2.05) is 30.3 Å². The first-order chi connectivity index (χ1) is 8.70. The fourth-order valence-corrected chi connectivity index (χ4v) is 2.31. The number of fused-ring (bicyclic) bond motifs is 3. The van der Waals surface area contributed by atoms with Crippen LogP contribution < -0.4 is 0 Å². The van der Waals surface area contributed by atoms with Crippen LogP contribution >= 0.6 is 0 Å². The highest BCUT2D eigenvalue weighted by Crippen LogP contribution is 2.30. The Morgan fingerprint density at radius 1 is 1.06 bits per heavy atom. The minimum Gasteiger partial charge on any atom is -0.506 e. The summed E-state index contributed by atoms with van der Waals surface area (Å²) in [4.78, 5) is 4.37. The lowest BCUT2D eigenvalue weighted by atomic mass is 10.00.